The van der Waals surface area contributed by atoms with Crippen molar-refractivity contribution < 1.29 is 21.1 Å². The number of hydrogen-bond acceptors (Lipinski definition) is 1. The van der Waals surface area contributed by atoms with Crippen LogP contribution >= 0.6 is 0 Å². The molecule has 0 aromatic carbocycles. The van der Waals surface area contributed by atoms with Crippen molar-refractivity contribution in [2.45, 2.75) is 0 Å². The van der Waals surface area contributed by atoms with Crippen molar-refractivity contribution in [2.24, 2.45) is 0 Å². The monoisotopic (exact) mass is 171 g/mol. The van der Waals surface area contributed by atoms with E-state index in [0.29, 0.717) is 5.75 Å². The van der Waals surface area contributed by atoms with E-state index in [2.05, 4.69) is 19.2 Å². The summed E-state index contributed by atoms with van der Waals surface area (Å²) < 4.78 is 0. The number of rotatable bonds is 1. The summed E-state index contributed by atoms with van der Waals surface area (Å²) >= 11 is 4.44. The second-order valence-electron chi connectivity index (χ2n) is 0.455. The zero-order valence-electron chi connectivity index (χ0n) is 2.81. The van der Waals surface area contributed by atoms with Gasteiger partial charge in [-0.05, 0) is 0 Å². The molecule has 0 aliphatic heterocycles. The molecule has 0 aromatic heterocycles. The molecule has 0 spiro atoms. The van der Waals surface area contributed by atoms with E-state index in [1.165, 1.54) is 0 Å². The molecule has 0 unspecified atom stereocenters. The van der Waals surface area contributed by atoms with Crippen LogP contribution in [-0.2, 0) is 33.7 Å². The third kappa shape index (κ3) is 11.7. The molecule has 2 heteroatoms. The summed E-state index contributed by atoms with van der Waals surface area (Å²) in [4.78, 5) is 0. The van der Waals surface area contributed by atoms with E-state index < -0.39 is 0 Å². The molecule has 0 saturated carbocycles. The van der Waals surface area contributed by atoms with Crippen LogP contribution in [0.1, 0.15) is 0 Å². The van der Waals surface area contributed by atoms with E-state index in [4.69, 9.17) is 0 Å². The molecule has 0 bridgehead atoms. The maximum Gasteiger partial charge on any atom is 0 e. The van der Waals surface area contributed by atoms with Gasteiger partial charge in [0.1, 0.15) is 0 Å². The molecule has 0 fully saturated rings. The fourth-order valence-electron chi connectivity index (χ4n) is 0. The average molecular weight is 169 g/mol. The van der Waals surface area contributed by atoms with Crippen LogP contribution in [0.25, 0.3) is 0 Å². The molecule has 0 nitrogen and oxygen atoms in total. The molecule has 0 amide bonds. The smallest absolute Gasteiger partial charge is 0 e. The fraction of sp³-hybridized carbons (Fsp3) is 0.333. The van der Waals surface area contributed by atoms with E-state index in [0.717, 1.165) is 0 Å². The quantitative estimate of drug-likeness (QED) is 0.316. The Morgan fingerprint density at radius 3 is 2.00 bits per heavy atom. The molecule has 30 valence electrons. The van der Waals surface area contributed by atoms with Crippen molar-refractivity contribution in [2.75, 3.05) is 5.75 Å². The van der Waals surface area contributed by atoms with Crippen molar-refractivity contribution in [3.05, 3.63) is 12.7 Å². The maximum atomic E-state index is 4.44. The third-order valence-electron chi connectivity index (χ3n) is 0.118. The van der Waals surface area contributed by atoms with E-state index in [-0.39, 0.29) is 21.1 Å². The average Bonchev–Trinajstić information content (AvgIpc) is 1.37. The van der Waals surface area contributed by atoms with Crippen molar-refractivity contribution >= 4 is 12.6 Å². The van der Waals surface area contributed by atoms with Crippen LogP contribution in [0.4, 0.5) is 0 Å². The molecule has 0 saturated heterocycles. The van der Waals surface area contributed by atoms with Crippen LogP contribution in [0.15, 0.2) is 12.7 Å². The Kier molecular flexibility index (Phi) is 16.3. The van der Waals surface area contributed by atoms with Gasteiger partial charge in [-0.25, -0.2) is 0 Å². The molecular weight excluding hydrogens is 164 g/mol. The minimum absolute atomic E-state index is 0. The van der Waals surface area contributed by atoms with Crippen LogP contribution in [0.3, 0.4) is 0 Å². The summed E-state index contributed by atoms with van der Waals surface area (Å²) in [5.74, 6) is 0.667. The van der Waals surface area contributed by atoms with Gasteiger partial charge in [-0.1, -0.05) is 0 Å². The van der Waals surface area contributed by atoms with Crippen molar-refractivity contribution in [3.8, 4) is 0 Å². The van der Waals surface area contributed by atoms with Crippen LogP contribution < -0.4 is 0 Å². The summed E-state index contributed by atoms with van der Waals surface area (Å²) in [5, 5.41) is 0. The minimum Gasteiger partial charge on any atom is -0.789 e. The topological polar surface area (TPSA) is 0 Å². The molecule has 0 aromatic rings. The second kappa shape index (κ2) is 8.84. The summed E-state index contributed by atoms with van der Waals surface area (Å²) in [6, 6.07) is 0. The van der Waals surface area contributed by atoms with E-state index in [1.807, 2.05) is 0 Å². The van der Waals surface area contributed by atoms with Gasteiger partial charge in [-0.15, -0.1) is 12.7 Å². The Bertz CT molecular complexity index is 20.9. The summed E-state index contributed by atoms with van der Waals surface area (Å²) in [6.45, 7) is 3.38. The normalized spacial score (nSPS) is 5.00. The third-order valence-corrected chi connectivity index (χ3v) is 0.354. The molecule has 0 radical (unpaired) electrons. The molecule has 5 heavy (non-hydrogen) atoms. The Balaban J connectivity index is 0. The molecular formula is C3H5MoS-. The molecule has 0 aliphatic carbocycles. The molecule has 0 rings (SSSR count). The van der Waals surface area contributed by atoms with Crippen LogP contribution in [0, 0.1) is 0 Å². The Morgan fingerprint density at radius 1 is 1.80 bits per heavy atom. The first-order valence-electron chi connectivity index (χ1n) is 1.11. The van der Waals surface area contributed by atoms with Crippen molar-refractivity contribution in [3.63, 3.8) is 0 Å². The Labute approximate surface area is 52.3 Å². The van der Waals surface area contributed by atoms with Gasteiger partial charge < -0.3 is 12.6 Å². The van der Waals surface area contributed by atoms with Gasteiger partial charge in [0.05, 0.1) is 0 Å². The number of hydrogen-bond donors (Lipinski definition) is 0. The van der Waals surface area contributed by atoms with E-state index in [9.17, 15) is 0 Å². The van der Waals surface area contributed by atoms with E-state index >= 15 is 0 Å². The summed E-state index contributed by atoms with van der Waals surface area (Å²) in [7, 11) is 0. The molecule has 0 heterocycles. The standard InChI is InChI=1S/C3H6S.Mo/c1-2-3-4;/h2,4H,1,3H2;/p-1. The predicted octanol–water partition coefficient (Wildman–Crippen LogP) is 0.717. The first-order chi connectivity index (χ1) is 1.91. The molecule has 0 N–H and O–H groups in total. The second-order valence-corrected chi connectivity index (χ2v) is 0.789. The van der Waals surface area contributed by atoms with Gasteiger partial charge in [-0.3, -0.25) is 0 Å². The van der Waals surface area contributed by atoms with Gasteiger partial charge in [0.15, 0.2) is 0 Å². The van der Waals surface area contributed by atoms with Gasteiger partial charge in [0, 0.05) is 21.1 Å². The molecule has 0 aliphatic rings. The van der Waals surface area contributed by atoms with E-state index in [1.54, 1.807) is 6.08 Å². The zero-order chi connectivity index (χ0) is 3.41. The van der Waals surface area contributed by atoms with Gasteiger partial charge >= 0.3 is 0 Å². The van der Waals surface area contributed by atoms with Crippen molar-refractivity contribution in [1.82, 2.24) is 0 Å². The molecule has 0 atom stereocenters. The summed E-state index contributed by atoms with van der Waals surface area (Å²) in [5.41, 5.74) is 0. The van der Waals surface area contributed by atoms with Gasteiger partial charge in [-0.2, -0.15) is 5.75 Å². The van der Waals surface area contributed by atoms with Crippen molar-refractivity contribution in [1.29, 1.82) is 0 Å². The van der Waals surface area contributed by atoms with Gasteiger partial charge in [0.25, 0.3) is 0 Å². The maximum absolute atomic E-state index is 4.44. The predicted molar refractivity (Wildman–Crippen MR) is 22.4 cm³/mol. The SMILES string of the molecule is C=CC[S-].[Mo]. The fourth-order valence-corrected chi connectivity index (χ4v) is 0. The largest absolute Gasteiger partial charge is 0.789 e. The Morgan fingerprint density at radius 2 is 2.00 bits per heavy atom. The summed E-state index contributed by atoms with van der Waals surface area (Å²) in [6.07, 6.45) is 1.69. The Hall–Kier alpha value is 0.778. The minimum atomic E-state index is 0. The van der Waals surface area contributed by atoms with Crippen LogP contribution in [-0.4, -0.2) is 5.75 Å². The van der Waals surface area contributed by atoms with Gasteiger partial charge in [0.2, 0.25) is 0 Å². The van der Waals surface area contributed by atoms with Crippen LogP contribution in [0.2, 0.25) is 0 Å². The van der Waals surface area contributed by atoms with Crippen LogP contribution in [0.5, 0.6) is 0 Å². The first kappa shape index (κ1) is 9.24. The zero-order valence-corrected chi connectivity index (χ0v) is 5.63. The first-order valence-corrected chi connectivity index (χ1v) is 1.68.